The van der Waals surface area contributed by atoms with E-state index in [2.05, 4.69) is 10.1 Å². The average molecular weight is 383 g/mol. The van der Waals surface area contributed by atoms with Gasteiger partial charge >= 0.3 is 11.9 Å². The molecule has 1 amide bonds. The summed E-state index contributed by atoms with van der Waals surface area (Å²) in [5.41, 5.74) is 1.11. The van der Waals surface area contributed by atoms with Crippen molar-refractivity contribution in [1.82, 2.24) is 5.32 Å². The van der Waals surface area contributed by atoms with Crippen molar-refractivity contribution in [2.45, 2.75) is 0 Å². The highest BCUT2D eigenvalue weighted by Crippen LogP contribution is 2.08. The fourth-order valence-corrected chi connectivity index (χ4v) is 2.12. The van der Waals surface area contributed by atoms with Crippen molar-refractivity contribution in [2.75, 3.05) is 26.9 Å². The summed E-state index contributed by atoms with van der Waals surface area (Å²) in [6.07, 6.45) is 2.73. The van der Waals surface area contributed by atoms with Crippen LogP contribution in [0.5, 0.6) is 5.75 Å². The third kappa shape index (κ3) is 7.33. The molecular formula is C21H21NO6. The van der Waals surface area contributed by atoms with E-state index >= 15 is 0 Å². The highest BCUT2D eigenvalue weighted by molar-refractivity contribution is 5.91. The van der Waals surface area contributed by atoms with Crippen LogP contribution in [-0.4, -0.2) is 44.7 Å². The van der Waals surface area contributed by atoms with Crippen molar-refractivity contribution in [3.8, 4) is 5.75 Å². The van der Waals surface area contributed by atoms with Gasteiger partial charge in [-0.2, -0.15) is 0 Å². The third-order valence-corrected chi connectivity index (χ3v) is 3.53. The molecule has 0 saturated heterocycles. The average Bonchev–Trinajstić information content (AvgIpc) is 2.74. The zero-order valence-corrected chi connectivity index (χ0v) is 15.4. The third-order valence-electron chi connectivity index (χ3n) is 3.53. The van der Waals surface area contributed by atoms with E-state index in [9.17, 15) is 14.4 Å². The molecule has 0 aromatic heterocycles. The summed E-state index contributed by atoms with van der Waals surface area (Å²) < 4.78 is 14.9. The van der Waals surface area contributed by atoms with E-state index in [1.807, 2.05) is 30.3 Å². The van der Waals surface area contributed by atoms with Crippen molar-refractivity contribution in [2.24, 2.45) is 0 Å². The highest BCUT2D eigenvalue weighted by atomic mass is 16.5. The Hall–Kier alpha value is -3.61. The van der Waals surface area contributed by atoms with Gasteiger partial charge in [0.1, 0.15) is 12.4 Å². The second-order valence-electron chi connectivity index (χ2n) is 5.57. The molecule has 0 aliphatic heterocycles. The number of esters is 2. The molecule has 146 valence electrons. The predicted octanol–water partition coefficient (Wildman–Crippen LogP) is 2.22. The molecule has 0 saturated carbocycles. The van der Waals surface area contributed by atoms with E-state index in [4.69, 9.17) is 9.47 Å². The SMILES string of the molecule is COC(=O)c1ccc(/C=C/C(=O)OCC(=O)NCCOc2ccccc2)cc1. The topological polar surface area (TPSA) is 90.9 Å². The summed E-state index contributed by atoms with van der Waals surface area (Å²) in [4.78, 5) is 34.7. The van der Waals surface area contributed by atoms with Gasteiger partial charge in [-0.1, -0.05) is 30.3 Å². The molecule has 0 heterocycles. The van der Waals surface area contributed by atoms with Crippen LogP contribution in [-0.2, 0) is 19.1 Å². The lowest BCUT2D eigenvalue weighted by molar-refractivity contribution is -0.143. The minimum atomic E-state index is -0.646. The first kappa shape index (κ1) is 20.7. The van der Waals surface area contributed by atoms with E-state index in [1.54, 1.807) is 24.3 Å². The standard InChI is InChI=1S/C21H21NO6/c1-26-21(25)17-10-7-16(8-11-17)9-12-20(24)28-15-19(23)22-13-14-27-18-5-3-2-4-6-18/h2-12H,13-15H2,1H3,(H,22,23)/b12-9+. The zero-order chi connectivity index (χ0) is 20.2. The molecule has 0 radical (unpaired) electrons. The van der Waals surface area contributed by atoms with Gasteiger partial charge in [-0.05, 0) is 35.9 Å². The van der Waals surface area contributed by atoms with Gasteiger partial charge in [0, 0.05) is 6.08 Å². The fourth-order valence-electron chi connectivity index (χ4n) is 2.12. The Morgan fingerprint density at radius 2 is 1.71 bits per heavy atom. The number of carbonyl (C=O) groups excluding carboxylic acids is 3. The maximum Gasteiger partial charge on any atom is 0.337 e. The Morgan fingerprint density at radius 1 is 1.00 bits per heavy atom. The molecule has 1 N–H and O–H groups in total. The number of methoxy groups -OCH3 is 1. The molecule has 2 aromatic rings. The smallest absolute Gasteiger partial charge is 0.337 e. The van der Waals surface area contributed by atoms with Gasteiger partial charge in [-0.25, -0.2) is 9.59 Å². The van der Waals surface area contributed by atoms with Gasteiger partial charge in [0.25, 0.3) is 5.91 Å². The van der Waals surface area contributed by atoms with Crippen LogP contribution >= 0.6 is 0 Å². The molecule has 7 nitrogen and oxygen atoms in total. The lowest BCUT2D eigenvalue weighted by Crippen LogP contribution is -2.31. The van der Waals surface area contributed by atoms with Crippen LogP contribution in [0.3, 0.4) is 0 Å². The Bertz CT molecular complexity index is 815. The van der Waals surface area contributed by atoms with Crippen molar-refractivity contribution in [1.29, 1.82) is 0 Å². The van der Waals surface area contributed by atoms with Crippen LogP contribution < -0.4 is 10.1 Å². The number of rotatable bonds is 9. The van der Waals surface area contributed by atoms with Crippen LogP contribution in [0.15, 0.2) is 60.7 Å². The number of carbonyl (C=O) groups is 3. The van der Waals surface area contributed by atoms with Crippen molar-refractivity contribution in [3.05, 3.63) is 71.8 Å². The van der Waals surface area contributed by atoms with Crippen molar-refractivity contribution >= 4 is 23.9 Å². The van der Waals surface area contributed by atoms with E-state index in [0.717, 1.165) is 0 Å². The van der Waals surface area contributed by atoms with Gasteiger partial charge in [0.05, 0.1) is 19.2 Å². The molecule has 7 heteroatoms. The molecule has 0 atom stereocenters. The van der Waals surface area contributed by atoms with E-state index < -0.39 is 17.8 Å². The Balaban J connectivity index is 1.65. The zero-order valence-electron chi connectivity index (χ0n) is 15.4. The highest BCUT2D eigenvalue weighted by Gasteiger charge is 2.06. The minimum absolute atomic E-state index is 0.299. The Kier molecular flexibility index (Phi) is 8.26. The first-order chi connectivity index (χ1) is 13.6. The Labute approximate surface area is 162 Å². The first-order valence-electron chi connectivity index (χ1n) is 8.56. The molecule has 2 aromatic carbocycles. The summed E-state index contributed by atoms with van der Waals surface area (Å²) in [7, 11) is 1.30. The second-order valence-corrected chi connectivity index (χ2v) is 5.57. The number of hydrogen-bond acceptors (Lipinski definition) is 6. The summed E-state index contributed by atoms with van der Waals surface area (Å²) in [6, 6.07) is 15.7. The number of hydrogen-bond donors (Lipinski definition) is 1. The summed E-state index contributed by atoms with van der Waals surface area (Å²) >= 11 is 0. The van der Waals surface area contributed by atoms with Crippen LogP contribution in [0.1, 0.15) is 15.9 Å². The number of ether oxygens (including phenoxy) is 3. The molecule has 0 bridgehead atoms. The van der Waals surface area contributed by atoms with Gasteiger partial charge in [0.2, 0.25) is 0 Å². The number of para-hydroxylation sites is 1. The van der Waals surface area contributed by atoms with E-state index in [0.29, 0.717) is 30.0 Å². The summed E-state index contributed by atoms with van der Waals surface area (Å²) in [5.74, 6) is -0.781. The molecule has 0 aliphatic rings. The lowest BCUT2D eigenvalue weighted by Gasteiger charge is -2.07. The quantitative estimate of drug-likeness (QED) is 0.406. The van der Waals surface area contributed by atoms with Crippen LogP contribution in [0.4, 0.5) is 0 Å². The summed E-state index contributed by atoms with van der Waals surface area (Å²) in [6.45, 7) is 0.231. The molecule has 0 unspecified atom stereocenters. The molecule has 2 rings (SSSR count). The largest absolute Gasteiger partial charge is 0.492 e. The number of amides is 1. The van der Waals surface area contributed by atoms with Gasteiger partial charge in [0.15, 0.2) is 6.61 Å². The molecule has 0 aliphatic carbocycles. The van der Waals surface area contributed by atoms with Gasteiger partial charge in [-0.15, -0.1) is 0 Å². The maximum absolute atomic E-state index is 11.7. The van der Waals surface area contributed by atoms with E-state index in [-0.39, 0.29) is 6.61 Å². The van der Waals surface area contributed by atoms with Gasteiger partial charge in [-0.3, -0.25) is 4.79 Å². The van der Waals surface area contributed by atoms with Crippen molar-refractivity contribution < 1.29 is 28.6 Å². The second kappa shape index (κ2) is 11.2. The molecule has 28 heavy (non-hydrogen) atoms. The molecule has 0 fully saturated rings. The van der Waals surface area contributed by atoms with Crippen LogP contribution in [0.25, 0.3) is 6.08 Å². The van der Waals surface area contributed by atoms with Crippen molar-refractivity contribution in [3.63, 3.8) is 0 Å². The minimum Gasteiger partial charge on any atom is -0.492 e. The maximum atomic E-state index is 11.7. The normalized spacial score (nSPS) is 10.3. The first-order valence-corrected chi connectivity index (χ1v) is 8.56. The molecular weight excluding hydrogens is 362 g/mol. The number of benzene rings is 2. The Morgan fingerprint density at radius 3 is 2.39 bits per heavy atom. The van der Waals surface area contributed by atoms with Crippen LogP contribution in [0.2, 0.25) is 0 Å². The van der Waals surface area contributed by atoms with E-state index in [1.165, 1.54) is 19.3 Å². The summed E-state index contributed by atoms with van der Waals surface area (Å²) in [5, 5.41) is 2.60. The van der Waals surface area contributed by atoms with Crippen LogP contribution in [0, 0.1) is 0 Å². The lowest BCUT2D eigenvalue weighted by atomic mass is 10.1. The van der Waals surface area contributed by atoms with Gasteiger partial charge < -0.3 is 19.5 Å². The molecule has 0 spiro atoms. The number of nitrogens with one attached hydrogen (secondary N) is 1. The predicted molar refractivity (Wildman–Crippen MR) is 103 cm³/mol. The monoisotopic (exact) mass is 383 g/mol. The fraction of sp³-hybridized carbons (Fsp3) is 0.190.